The maximum Gasteiger partial charge on any atom is 0.417 e. The first kappa shape index (κ1) is 27.6. The van der Waals surface area contributed by atoms with E-state index in [1.807, 2.05) is 18.2 Å². The molecule has 1 amide bonds. The van der Waals surface area contributed by atoms with Gasteiger partial charge in [0.15, 0.2) is 0 Å². The molecule has 4 nitrogen and oxygen atoms in total. The van der Waals surface area contributed by atoms with Gasteiger partial charge in [-0.3, -0.25) is 4.79 Å². The van der Waals surface area contributed by atoms with Gasteiger partial charge in [-0.1, -0.05) is 66.6 Å². The Balaban J connectivity index is 0.000000223. The lowest BCUT2D eigenvalue weighted by Gasteiger charge is -2.32. The number of rotatable bonds is 6. The van der Waals surface area contributed by atoms with Crippen LogP contribution in [0.1, 0.15) is 46.3 Å². The Kier molecular flexibility index (Phi) is 9.79. The molecular weight excluding hydrogens is 489 g/mol. The summed E-state index contributed by atoms with van der Waals surface area (Å²) in [6, 6.07) is 22.6. The number of piperidine rings is 1. The van der Waals surface area contributed by atoms with Crippen molar-refractivity contribution in [1.29, 1.82) is 0 Å². The predicted molar refractivity (Wildman–Crippen MR) is 136 cm³/mol. The monoisotopic (exact) mass is 518 g/mol. The molecule has 1 aliphatic rings. The molecule has 0 radical (unpaired) electrons. The Morgan fingerprint density at radius 3 is 2.39 bits per heavy atom. The van der Waals surface area contributed by atoms with Gasteiger partial charge in [-0.15, -0.1) is 0 Å². The number of carbonyl (C=O) groups excluding carboxylic acids is 1. The number of amides is 1. The molecular formula is C28H30ClF3N2O2. The van der Waals surface area contributed by atoms with Crippen LogP contribution in [-0.2, 0) is 19.2 Å². The number of carbonyl (C=O) groups is 1. The number of nitrogens with zero attached hydrogens (tertiary/aromatic N) is 1. The zero-order valence-corrected chi connectivity index (χ0v) is 20.9. The van der Waals surface area contributed by atoms with Crippen molar-refractivity contribution in [2.45, 2.75) is 44.5 Å². The number of likely N-dealkylation sites (N-methyl/N-ethyl adjacent to an activating group) is 1. The van der Waals surface area contributed by atoms with E-state index in [-0.39, 0.29) is 5.56 Å². The minimum absolute atomic E-state index is 0.332. The molecule has 2 N–H and O–H groups in total. The van der Waals surface area contributed by atoms with Crippen LogP contribution in [0.15, 0.2) is 72.8 Å². The van der Waals surface area contributed by atoms with E-state index >= 15 is 0 Å². The number of primary amides is 1. The van der Waals surface area contributed by atoms with Crippen LogP contribution in [0.5, 0.6) is 5.75 Å². The third-order valence-corrected chi connectivity index (χ3v) is 6.52. The molecule has 1 heterocycles. The van der Waals surface area contributed by atoms with Gasteiger partial charge in [0.1, 0.15) is 12.4 Å². The summed E-state index contributed by atoms with van der Waals surface area (Å²) in [7, 11) is 2.25. The molecule has 0 bridgehead atoms. The first-order valence-corrected chi connectivity index (χ1v) is 12.1. The molecule has 0 spiro atoms. The Hall–Kier alpha value is -3.03. The molecule has 0 saturated carbocycles. The van der Waals surface area contributed by atoms with Gasteiger partial charge in [0.2, 0.25) is 5.91 Å². The highest BCUT2D eigenvalue weighted by Gasteiger charge is 2.34. The maximum atomic E-state index is 12.3. The second-order valence-electron chi connectivity index (χ2n) is 8.79. The fourth-order valence-corrected chi connectivity index (χ4v) is 4.44. The molecule has 1 saturated heterocycles. The maximum absolute atomic E-state index is 12.3. The van der Waals surface area contributed by atoms with Gasteiger partial charge < -0.3 is 15.4 Å². The third-order valence-electron chi connectivity index (χ3n) is 6.11. The lowest BCUT2D eigenvalue weighted by Crippen LogP contribution is -2.37. The highest BCUT2D eigenvalue weighted by molar-refractivity contribution is 6.34. The highest BCUT2D eigenvalue weighted by Crippen LogP contribution is 2.36. The van der Waals surface area contributed by atoms with E-state index in [4.69, 9.17) is 22.1 Å². The van der Waals surface area contributed by atoms with E-state index < -0.39 is 22.7 Å². The number of halogens is 4. The first-order chi connectivity index (χ1) is 17.1. The van der Waals surface area contributed by atoms with E-state index in [0.29, 0.717) is 12.6 Å². The summed E-state index contributed by atoms with van der Waals surface area (Å²) >= 11 is 5.37. The molecule has 4 rings (SSSR count). The molecule has 1 atom stereocenters. The third kappa shape index (κ3) is 8.00. The first-order valence-electron chi connectivity index (χ1n) is 11.8. The lowest BCUT2D eigenvalue weighted by atomic mass is 9.96. The summed E-state index contributed by atoms with van der Waals surface area (Å²) < 4.78 is 42.7. The van der Waals surface area contributed by atoms with Crippen molar-refractivity contribution < 1.29 is 22.7 Å². The average molecular weight is 519 g/mol. The summed E-state index contributed by atoms with van der Waals surface area (Å²) in [5.74, 6) is -0.0130. The van der Waals surface area contributed by atoms with Crippen molar-refractivity contribution in [1.82, 2.24) is 4.90 Å². The standard InChI is InChI=1S/C20H25NO.C8H5ClF3NO/c1-21-13-6-5-11-19(21)14-18-10-7-12-20(15-18)22-16-17-8-3-2-4-9-17;9-6-4(7(13)14)2-1-3-5(6)8(10,11)12/h2-4,7-10,12,15,19H,5-6,11,13-14,16H2,1H3;1-3H,(H2,13,14). The van der Waals surface area contributed by atoms with Crippen LogP contribution in [0.2, 0.25) is 5.02 Å². The molecule has 3 aromatic carbocycles. The van der Waals surface area contributed by atoms with Gasteiger partial charge >= 0.3 is 6.18 Å². The number of alkyl halides is 3. The van der Waals surface area contributed by atoms with Crippen molar-refractivity contribution in [2.75, 3.05) is 13.6 Å². The van der Waals surface area contributed by atoms with Gasteiger partial charge in [0.25, 0.3) is 0 Å². The van der Waals surface area contributed by atoms with E-state index in [1.165, 1.54) is 36.9 Å². The van der Waals surface area contributed by atoms with Gasteiger partial charge in [-0.2, -0.15) is 13.2 Å². The van der Waals surface area contributed by atoms with Gasteiger partial charge in [0, 0.05) is 6.04 Å². The highest BCUT2D eigenvalue weighted by atomic mass is 35.5. The molecule has 8 heteroatoms. The van der Waals surface area contributed by atoms with Gasteiger partial charge in [-0.25, -0.2) is 0 Å². The van der Waals surface area contributed by atoms with Crippen LogP contribution in [0, 0.1) is 0 Å². The van der Waals surface area contributed by atoms with E-state index in [2.05, 4.69) is 48.3 Å². The van der Waals surface area contributed by atoms with Crippen LogP contribution in [-0.4, -0.2) is 30.4 Å². The Morgan fingerprint density at radius 1 is 1.03 bits per heavy atom. The second-order valence-corrected chi connectivity index (χ2v) is 9.16. The Morgan fingerprint density at radius 2 is 1.72 bits per heavy atom. The van der Waals surface area contributed by atoms with Crippen molar-refractivity contribution in [2.24, 2.45) is 5.73 Å². The van der Waals surface area contributed by atoms with Crippen LogP contribution in [0.4, 0.5) is 13.2 Å². The Bertz CT molecular complexity index is 1140. The summed E-state index contributed by atoms with van der Waals surface area (Å²) in [5, 5.41) is -0.660. The Labute approximate surface area is 214 Å². The molecule has 0 aliphatic carbocycles. The minimum Gasteiger partial charge on any atom is -0.489 e. The molecule has 1 aliphatic heterocycles. The van der Waals surface area contributed by atoms with Crippen molar-refractivity contribution >= 4 is 17.5 Å². The molecule has 1 fully saturated rings. The van der Waals surface area contributed by atoms with E-state index in [0.717, 1.165) is 30.4 Å². The number of hydrogen-bond acceptors (Lipinski definition) is 3. The number of nitrogens with two attached hydrogens (primary N) is 1. The largest absolute Gasteiger partial charge is 0.489 e. The minimum atomic E-state index is -4.58. The number of hydrogen-bond donors (Lipinski definition) is 1. The summed E-state index contributed by atoms with van der Waals surface area (Å²) in [4.78, 5) is 13.2. The number of ether oxygens (including phenoxy) is 1. The molecule has 192 valence electrons. The molecule has 0 aromatic heterocycles. The number of likely N-dealkylation sites (tertiary alicyclic amines) is 1. The summed E-state index contributed by atoms with van der Waals surface area (Å²) in [5.41, 5.74) is 6.03. The van der Waals surface area contributed by atoms with E-state index in [9.17, 15) is 18.0 Å². The zero-order valence-electron chi connectivity index (χ0n) is 20.1. The fourth-order valence-electron chi connectivity index (χ4n) is 4.12. The van der Waals surface area contributed by atoms with E-state index in [1.54, 1.807) is 0 Å². The molecule has 3 aromatic rings. The summed E-state index contributed by atoms with van der Waals surface area (Å²) in [6.45, 7) is 1.86. The predicted octanol–water partition coefficient (Wildman–Crippen LogP) is 6.75. The summed E-state index contributed by atoms with van der Waals surface area (Å²) in [6.07, 6.45) is 0.555. The lowest BCUT2D eigenvalue weighted by molar-refractivity contribution is -0.137. The quantitative estimate of drug-likeness (QED) is 0.392. The van der Waals surface area contributed by atoms with Crippen LogP contribution < -0.4 is 10.5 Å². The van der Waals surface area contributed by atoms with Crippen LogP contribution >= 0.6 is 11.6 Å². The SMILES string of the molecule is CN1CCCCC1Cc1cccc(OCc2ccccc2)c1.NC(=O)c1cccc(C(F)(F)F)c1Cl. The normalized spacial score (nSPS) is 16.1. The smallest absolute Gasteiger partial charge is 0.417 e. The fraction of sp³-hybridized carbons (Fsp3) is 0.321. The zero-order chi connectivity index (χ0) is 26.1. The van der Waals surface area contributed by atoms with Gasteiger partial charge in [0.05, 0.1) is 16.1 Å². The topological polar surface area (TPSA) is 55.6 Å². The van der Waals surface area contributed by atoms with Crippen LogP contribution in [0.3, 0.4) is 0 Å². The second kappa shape index (κ2) is 12.8. The number of benzene rings is 3. The van der Waals surface area contributed by atoms with Gasteiger partial charge in [-0.05, 0) is 68.2 Å². The van der Waals surface area contributed by atoms with Crippen molar-refractivity contribution in [3.63, 3.8) is 0 Å². The average Bonchev–Trinajstić information content (AvgIpc) is 2.85. The molecule has 1 unspecified atom stereocenters. The van der Waals surface area contributed by atoms with Crippen molar-refractivity contribution in [3.05, 3.63) is 100 Å². The van der Waals surface area contributed by atoms with Crippen LogP contribution in [0.25, 0.3) is 0 Å². The molecule has 36 heavy (non-hydrogen) atoms. The van der Waals surface area contributed by atoms with Crippen molar-refractivity contribution in [3.8, 4) is 5.75 Å².